The van der Waals surface area contributed by atoms with E-state index in [2.05, 4.69) is 34.0 Å². The third-order valence-electron chi connectivity index (χ3n) is 5.62. The molecular weight excluding hydrogens is 446 g/mol. The summed E-state index contributed by atoms with van der Waals surface area (Å²) in [5.74, 6) is -0.495. The molecule has 0 spiro atoms. The standard InChI is InChI=1S/C28H26ClN3O2/c1-18(2)15-26(31-27(33)19-11-13-22(29)14-12-19)28(34)32-30-17-25-23-9-5-3-7-20(23)16-21-8-4-6-10-24(21)25/h3-14,16-18,26H,15H2,1-2H3,(H,31,33)(H,32,34). The van der Waals surface area contributed by atoms with E-state index in [1.54, 1.807) is 30.5 Å². The number of hydrogen-bond acceptors (Lipinski definition) is 3. The molecule has 0 heterocycles. The zero-order valence-corrected chi connectivity index (χ0v) is 19.8. The number of carbonyl (C=O) groups is 2. The maximum Gasteiger partial charge on any atom is 0.262 e. The molecule has 0 aliphatic carbocycles. The first kappa shape index (κ1) is 23.5. The van der Waals surface area contributed by atoms with E-state index < -0.39 is 6.04 Å². The molecule has 5 nitrogen and oxygen atoms in total. The van der Waals surface area contributed by atoms with Crippen molar-refractivity contribution in [3.63, 3.8) is 0 Å². The normalized spacial score (nSPS) is 12.4. The van der Waals surface area contributed by atoms with E-state index in [1.165, 1.54) is 0 Å². The molecule has 2 amide bonds. The van der Waals surface area contributed by atoms with Crippen LogP contribution < -0.4 is 10.7 Å². The van der Waals surface area contributed by atoms with Gasteiger partial charge in [-0.15, -0.1) is 0 Å². The van der Waals surface area contributed by atoms with Gasteiger partial charge in [0.25, 0.3) is 11.8 Å². The summed E-state index contributed by atoms with van der Waals surface area (Å²) in [5, 5.41) is 11.9. The minimum atomic E-state index is -0.718. The maximum atomic E-state index is 13.0. The van der Waals surface area contributed by atoms with Crippen molar-refractivity contribution in [1.82, 2.24) is 10.7 Å². The van der Waals surface area contributed by atoms with Crippen LogP contribution in [-0.4, -0.2) is 24.1 Å². The van der Waals surface area contributed by atoms with Crippen molar-refractivity contribution >= 4 is 51.2 Å². The van der Waals surface area contributed by atoms with Gasteiger partial charge >= 0.3 is 0 Å². The lowest BCUT2D eigenvalue weighted by molar-refractivity contribution is -0.123. The van der Waals surface area contributed by atoms with Crippen molar-refractivity contribution in [2.24, 2.45) is 11.0 Å². The second-order valence-electron chi connectivity index (χ2n) is 8.63. The summed E-state index contributed by atoms with van der Waals surface area (Å²) in [5.41, 5.74) is 4.00. The Bertz CT molecular complexity index is 1310. The molecular formula is C28H26ClN3O2. The number of hydrazone groups is 1. The summed E-state index contributed by atoms with van der Waals surface area (Å²) in [4.78, 5) is 25.6. The van der Waals surface area contributed by atoms with E-state index in [9.17, 15) is 9.59 Å². The summed E-state index contributed by atoms with van der Waals surface area (Å²) in [6, 6.07) is 24.1. The lowest BCUT2D eigenvalue weighted by Crippen LogP contribution is -2.46. The molecule has 0 saturated carbocycles. The van der Waals surface area contributed by atoms with Gasteiger partial charge in [0.15, 0.2) is 0 Å². The van der Waals surface area contributed by atoms with Crippen molar-refractivity contribution in [1.29, 1.82) is 0 Å². The number of benzene rings is 4. The lowest BCUT2D eigenvalue weighted by atomic mass is 9.97. The van der Waals surface area contributed by atoms with Gasteiger partial charge in [-0.05, 0) is 64.2 Å². The van der Waals surface area contributed by atoms with Crippen LogP contribution in [0.4, 0.5) is 0 Å². The van der Waals surface area contributed by atoms with Crippen LogP contribution in [0.5, 0.6) is 0 Å². The van der Waals surface area contributed by atoms with Crippen LogP contribution in [0.1, 0.15) is 36.2 Å². The molecule has 0 aliphatic rings. The Labute approximate surface area is 203 Å². The molecule has 0 aliphatic heterocycles. The van der Waals surface area contributed by atoms with Crippen LogP contribution >= 0.6 is 11.6 Å². The van der Waals surface area contributed by atoms with Gasteiger partial charge in [-0.1, -0.05) is 74.0 Å². The van der Waals surface area contributed by atoms with Gasteiger partial charge in [0.2, 0.25) is 0 Å². The molecule has 0 bridgehead atoms. The number of hydrogen-bond donors (Lipinski definition) is 2. The topological polar surface area (TPSA) is 70.6 Å². The van der Waals surface area contributed by atoms with Gasteiger partial charge in [-0.25, -0.2) is 5.43 Å². The fourth-order valence-electron chi connectivity index (χ4n) is 3.97. The van der Waals surface area contributed by atoms with Gasteiger partial charge in [-0.2, -0.15) is 5.10 Å². The molecule has 0 fully saturated rings. The lowest BCUT2D eigenvalue weighted by Gasteiger charge is -2.19. The molecule has 0 radical (unpaired) electrons. The molecule has 0 aromatic heterocycles. The summed E-state index contributed by atoms with van der Waals surface area (Å²) in [6.45, 7) is 4.00. The first-order valence-corrected chi connectivity index (χ1v) is 11.6. The predicted molar refractivity (Wildman–Crippen MR) is 139 cm³/mol. The molecule has 2 N–H and O–H groups in total. The monoisotopic (exact) mass is 471 g/mol. The molecule has 34 heavy (non-hydrogen) atoms. The second kappa shape index (κ2) is 10.5. The highest BCUT2D eigenvalue weighted by atomic mass is 35.5. The van der Waals surface area contributed by atoms with Gasteiger partial charge < -0.3 is 5.32 Å². The second-order valence-corrected chi connectivity index (χ2v) is 9.07. The number of carbonyl (C=O) groups excluding carboxylic acids is 2. The van der Waals surface area contributed by atoms with E-state index in [-0.39, 0.29) is 17.7 Å². The quantitative estimate of drug-likeness (QED) is 0.199. The fourth-order valence-corrected chi connectivity index (χ4v) is 4.10. The summed E-state index contributed by atoms with van der Waals surface area (Å²) in [6.07, 6.45) is 2.16. The van der Waals surface area contributed by atoms with E-state index in [4.69, 9.17) is 11.6 Å². The van der Waals surface area contributed by atoms with Gasteiger partial charge in [0.1, 0.15) is 6.04 Å². The van der Waals surface area contributed by atoms with Crippen LogP contribution in [0.3, 0.4) is 0 Å². The number of nitrogens with one attached hydrogen (secondary N) is 2. The Morgan fingerprint density at radius 2 is 1.50 bits per heavy atom. The van der Waals surface area contributed by atoms with Gasteiger partial charge in [0.05, 0.1) is 6.21 Å². The largest absolute Gasteiger partial charge is 0.340 e. The van der Waals surface area contributed by atoms with Gasteiger partial charge in [0, 0.05) is 16.1 Å². The van der Waals surface area contributed by atoms with Crippen LogP contribution in [0.2, 0.25) is 5.02 Å². The van der Waals surface area contributed by atoms with Gasteiger partial charge in [-0.3, -0.25) is 9.59 Å². The summed E-state index contributed by atoms with van der Waals surface area (Å²) in [7, 11) is 0. The highest BCUT2D eigenvalue weighted by Crippen LogP contribution is 2.27. The van der Waals surface area contributed by atoms with Crippen molar-refractivity contribution in [3.8, 4) is 0 Å². The average Bonchev–Trinajstić information content (AvgIpc) is 2.83. The zero-order valence-electron chi connectivity index (χ0n) is 19.1. The molecule has 6 heteroatoms. The highest BCUT2D eigenvalue weighted by Gasteiger charge is 2.22. The molecule has 4 aromatic carbocycles. The van der Waals surface area contributed by atoms with E-state index in [0.29, 0.717) is 17.0 Å². The van der Waals surface area contributed by atoms with E-state index >= 15 is 0 Å². The first-order valence-electron chi connectivity index (χ1n) is 11.2. The molecule has 4 rings (SSSR count). The zero-order chi connectivity index (χ0) is 24.1. The Kier molecular flexibility index (Phi) is 7.24. The number of amides is 2. The first-order chi connectivity index (χ1) is 16.4. The number of nitrogens with zero attached hydrogens (tertiary/aromatic N) is 1. The van der Waals surface area contributed by atoms with Crippen molar-refractivity contribution in [3.05, 3.63) is 95.0 Å². The van der Waals surface area contributed by atoms with Crippen LogP contribution in [0.25, 0.3) is 21.5 Å². The Balaban J connectivity index is 1.55. The average molecular weight is 472 g/mol. The Morgan fingerprint density at radius 1 is 0.912 bits per heavy atom. The summed E-state index contributed by atoms with van der Waals surface area (Å²) >= 11 is 5.91. The smallest absolute Gasteiger partial charge is 0.262 e. The maximum absolute atomic E-state index is 13.0. The predicted octanol–water partition coefficient (Wildman–Crippen LogP) is 5.94. The number of fused-ring (bicyclic) bond motifs is 2. The highest BCUT2D eigenvalue weighted by molar-refractivity contribution is 6.30. The van der Waals surface area contributed by atoms with Crippen LogP contribution in [0, 0.1) is 5.92 Å². The fraction of sp³-hybridized carbons (Fsp3) is 0.179. The van der Waals surface area contributed by atoms with E-state index in [1.807, 2.05) is 50.2 Å². The Hall–Kier alpha value is -3.70. The van der Waals surface area contributed by atoms with Crippen molar-refractivity contribution < 1.29 is 9.59 Å². The van der Waals surface area contributed by atoms with Crippen LogP contribution in [-0.2, 0) is 4.79 Å². The number of rotatable bonds is 7. The third kappa shape index (κ3) is 5.43. The van der Waals surface area contributed by atoms with Crippen molar-refractivity contribution in [2.45, 2.75) is 26.3 Å². The van der Waals surface area contributed by atoms with Crippen molar-refractivity contribution in [2.75, 3.05) is 0 Å². The molecule has 1 unspecified atom stereocenters. The molecule has 172 valence electrons. The number of halogens is 1. The van der Waals surface area contributed by atoms with E-state index in [0.717, 1.165) is 27.1 Å². The SMILES string of the molecule is CC(C)CC(NC(=O)c1ccc(Cl)cc1)C(=O)NN=Cc1c2ccccc2cc2ccccc12. The molecule has 0 saturated heterocycles. The Morgan fingerprint density at radius 3 is 2.09 bits per heavy atom. The molecule has 4 aromatic rings. The minimum absolute atomic E-state index is 0.201. The minimum Gasteiger partial charge on any atom is -0.340 e. The molecule has 1 atom stereocenters. The third-order valence-corrected chi connectivity index (χ3v) is 5.87. The van der Waals surface area contributed by atoms with Crippen LogP contribution in [0.15, 0.2) is 84.0 Å². The summed E-state index contributed by atoms with van der Waals surface area (Å²) < 4.78 is 0.